The number of pyridine rings is 1. The Morgan fingerprint density at radius 1 is 1.19 bits per heavy atom. The van der Waals surface area contributed by atoms with Crippen LogP contribution < -0.4 is 4.90 Å². The number of carbonyl (C=O) groups is 1. The minimum absolute atomic E-state index is 0.0777. The number of fused-ring (bicyclic) bond motifs is 1. The van der Waals surface area contributed by atoms with Gasteiger partial charge in [0.25, 0.3) is 0 Å². The molecule has 0 aliphatic carbocycles. The van der Waals surface area contributed by atoms with Crippen LogP contribution in [0.5, 0.6) is 0 Å². The van der Waals surface area contributed by atoms with E-state index in [4.69, 9.17) is 33.3 Å². The second kappa shape index (κ2) is 11.5. The highest BCUT2D eigenvalue weighted by atomic mass is 35.5. The van der Waals surface area contributed by atoms with Gasteiger partial charge in [0.1, 0.15) is 23.8 Å². The zero-order chi connectivity index (χ0) is 19.6. The molecule has 0 saturated heterocycles. The van der Waals surface area contributed by atoms with E-state index in [2.05, 4.69) is 14.5 Å². The fourth-order valence-corrected chi connectivity index (χ4v) is 3.52. The molecule has 2 heterocycles. The molecule has 0 radical (unpaired) electrons. The van der Waals surface area contributed by atoms with Crippen LogP contribution in [-0.4, -0.2) is 56.9 Å². The van der Waals surface area contributed by atoms with E-state index < -0.39 is 0 Å². The summed E-state index contributed by atoms with van der Waals surface area (Å²) in [5.74, 6) is 2.88. The van der Waals surface area contributed by atoms with Crippen molar-refractivity contribution in [2.24, 2.45) is 7.05 Å². The predicted molar refractivity (Wildman–Crippen MR) is 111 cm³/mol. The van der Waals surface area contributed by atoms with Crippen LogP contribution in [0.1, 0.15) is 37.9 Å². The van der Waals surface area contributed by atoms with Gasteiger partial charge in [0, 0.05) is 50.8 Å². The molecule has 8 heteroatoms. The topological polar surface area (TPSA) is 71.2 Å². The monoisotopic (exact) mass is 414 g/mol. The van der Waals surface area contributed by atoms with Gasteiger partial charge in [-0.3, -0.25) is 4.79 Å². The number of aliphatic hydroxyl groups excluding tert-OH is 1. The highest BCUT2D eigenvalue weighted by molar-refractivity contribution is 6.18. The van der Waals surface area contributed by atoms with Gasteiger partial charge in [-0.15, -0.1) is 23.2 Å². The van der Waals surface area contributed by atoms with E-state index in [0.717, 1.165) is 54.8 Å². The molecule has 0 amide bonds. The zero-order valence-corrected chi connectivity index (χ0v) is 17.3. The minimum Gasteiger partial charge on any atom is -0.389 e. The molecule has 0 spiro atoms. The minimum atomic E-state index is -0.344. The number of aromatic nitrogens is 3. The molecule has 0 aromatic carbocycles. The van der Waals surface area contributed by atoms with Crippen molar-refractivity contribution < 1.29 is 9.90 Å². The standard InChI is InChI=1S/C19H28Cl2N4O2/c1-24-17-12-19(25(10-8-20)11-9-21)22-13-16(17)23-18(24)7-5-3-2-4-6-15(27)14-26/h12-13,26H,2-11,14H2,1H3. The van der Waals surface area contributed by atoms with Crippen LogP contribution in [0.15, 0.2) is 12.3 Å². The molecule has 0 bridgehead atoms. The van der Waals surface area contributed by atoms with Gasteiger partial charge in [0.05, 0.1) is 11.7 Å². The van der Waals surface area contributed by atoms with Gasteiger partial charge in [-0.2, -0.15) is 0 Å². The first kappa shape index (κ1) is 21.9. The molecule has 0 unspecified atom stereocenters. The van der Waals surface area contributed by atoms with Gasteiger partial charge in [-0.05, 0) is 12.8 Å². The normalized spacial score (nSPS) is 11.3. The average molecular weight is 415 g/mol. The second-order valence-electron chi connectivity index (χ2n) is 6.59. The van der Waals surface area contributed by atoms with E-state index in [-0.39, 0.29) is 12.4 Å². The fourth-order valence-electron chi connectivity index (χ4n) is 3.11. The van der Waals surface area contributed by atoms with E-state index in [1.807, 2.05) is 19.3 Å². The molecule has 2 aromatic rings. The summed E-state index contributed by atoms with van der Waals surface area (Å²) in [6.07, 6.45) is 7.07. The second-order valence-corrected chi connectivity index (χ2v) is 7.35. The van der Waals surface area contributed by atoms with Crippen LogP contribution in [0.2, 0.25) is 0 Å². The van der Waals surface area contributed by atoms with Crippen molar-refractivity contribution in [3.05, 3.63) is 18.1 Å². The van der Waals surface area contributed by atoms with Crippen molar-refractivity contribution in [1.82, 2.24) is 14.5 Å². The number of anilines is 1. The van der Waals surface area contributed by atoms with Crippen molar-refractivity contribution in [1.29, 1.82) is 0 Å². The molecule has 2 aromatic heterocycles. The maximum Gasteiger partial charge on any atom is 0.158 e. The molecule has 0 fully saturated rings. The van der Waals surface area contributed by atoms with E-state index in [1.165, 1.54) is 0 Å². The predicted octanol–water partition coefficient (Wildman–Crippen LogP) is 3.31. The van der Waals surface area contributed by atoms with Crippen molar-refractivity contribution in [3.63, 3.8) is 0 Å². The first-order valence-corrected chi connectivity index (χ1v) is 10.5. The number of imidazole rings is 1. The molecule has 0 aliphatic heterocycles. The van der Waals surface area contributed by atoms with Gasteiger partial charge >= 0.3 is 0 Å². The number of unbranched alkanes of at least 4 members (excludes halogenated alkanes) is 3. The number of aryl methyl sites for hydroxylation is 2. The van der Waals surface area contributed by atoms with Crippen molar-refractivity contribution in [3.8, 4) is 0 Å². The molecular weight excluding hydrogens is 387 g/mol. The number of halogens is 2. The highest BCUT2D eigenvalue weighted by Crippen LogP contribution is 2.21. The number of rotatable bonds is 13. The average Bonchev–Trinajstić information content (AvgIpc) is 2.99. The Bertz CT molecular complexity index is 730. The van der Waals surface area contributed by atoms with Gasteiger partial charge < -0.3 is 14.6 Å². The molecule has 1 N–H and O–H groups in total. The third-order valence-corrected chi connectivity index (χ3v) is 5.00. The smallest absolute Gasteiger partial charge is 0.158 e. The van der Waals surface area contributed by atoms with Crippen LogP contribution >= 0.6 is 23.2 Å². The van der Waals surface area contributed by atoms with Gasteiger partial charge in [0.2, 0.25) is 0 Å². The molecule has 0 aliphatic rings. The SMILES string of the molecule is Cn1c(CCCCCCC(=O)CO)nc2cnc(N(CCCl)CCCl)cc21. The Balaban J connectivity index is 1.96. The number of ketones is 1. The fraction of sp³-hybridized carbons (Fsp3) is 0.632. The zero-order valence-electron chi connectivity index (χ0n) is 15.8. The summed E-state index contributed by atoms with van der Waals surface area (Å²) in [6.45, 7) is 1.07. The Labute approximate surface area is 170 Å². The number of hydrogen-bond acceptors (Lipinski definition) is 5. The van der Waals surface area contributed by atoms with Crippen LogP contribution in [0.3, 0.4) is 0 Å². The Morgan fingerprint density at radius 3 is 2.56 bits per heavy atom. The number of hydrogen-bond donors (Lipinski definition) is 1. The summed E-state index contributed by atoms with van der Waals surface area (Å²) in [5.41, 5.74) is 1.94. The summed E-state index contributed by atoms with van der Waals surface area (Å²) in [7, 11) is 2.03. The Kier molecular flexibility index (Phi) is 9.31. The summed E-state index contributed by atoms with van der Waals surface area (Å²) >= 11 is 11.8. The van der Waals surface area contributed by atoms with Crippen LogP contribution in [0.4, 0.5) is 5.82 Å². The lowest BCUT2D eigenvalue weighted by atomic mass is 10.1. The quantitative estimate of drug-likeness (QED) is 0.402. The maximum atomic E-state index is 11.1. The number of nitrogens with zero attached hydrogens (tertiary/aromatic N) is 4. The van der Waals surface area contributed by atoms with E-state index >= 15 is 0 Å². The first-order valence-electron chi connectivity index (χ1n) is 9.41. The van der Waals surface area contributed by atoms with E-state index in [0.29, 0.717) is 31.3 Å². The van der Waals surface area contributed by atoms with Gasteiger partial charge in [-0.1, -0.05) is 12.8 Å². The lowest BCUT2D eigenvalue weighted by Gasteiger charge is -2.21. The molecule has 27 heavy (non-hydrogen) atoms. The number of Topliss-reactive ketones (excluding diaryl/α,β-unsaturated/α-hetero) is 1. The largest absolute Gasteiger partial charge is 0.389 e. The van der Waals surface area contributed by atoms with Crippen LogP contribution in [0.25, 0.3) is 11.0 Å². The first-order chi connectivity index (χ1) is 13.1. The molecule has 6 nitrogen and oxygen atoms in total. The summed E-state index contributed by atoms with van der Waals surface area (Å²) in [5, 5.41) is 8.72. The van der Waals surface area contributed by atoms with Crippen molar-refractivity contribution in [2.45, 2.75) is 38.5 Å². The van der Waals surface area contributed by atoms with Gasteiger partial charge in [0.15, 0.2) is 5.78 Å². The molecular formula is C19H28Cl2N4O2. The Morgan fingerprint density at radius 2 is 1.89 bits per heavy atom. The van der Waals surface area contributed by atoms with Crippen LogP contribution in [0, 0.1) is 0 Å². The van der Waals surface area contributed by atoms with Crippen LogP contribution in [-0.2, 0) is 18.3 Å². The van der Waals surface area contributed by atoms with Crippen molar-refractivity contribution >= 4 is 45.8 Å². The number of alkyl halides is 2. The summed E-state index contributed by atoms with van der Waals surface area (Å²) < 4.78 is 2.12. The summed E-state index contributed by atoms with van der Waals surface area (Å²) in [6, 6.07) is 2.05. The lowest BCUT2D eigenvalue weighted by Crippen LogP contribution is -2.28. The molecule has 0 atom stereocenters. The highest BCUT2D eigenvalue weighted by Gasteiger charge is 2.12. The van der Waals surface area contributed by atoms with E-state index in [1.54, 1.807) is 0 Å². The summed E-state index contributed by atoms with van der Waals surface area (Å²) in [4.78, 5) is 22.4. The van der Waals surface area contributed by atoms with Crippen molar-refractivity contribution in [2.75, 3.05) is 36.4 Å². The molecule has 2 rings (SSSR count). The number of aliphatic hydroxyl groups is 1. The third kappa shape index (κ3) is 6.33. The number of carbonyl (C=O) groups excluding carboxylic acids is 1. The molecule has 150 valence electrons. The lowest BCUT2D eigenvalue weighted by molar-refractivity contribution is -0.121. The van der Waals surface area contributed by atoms with Gasteiger partial charge in [-0.25, -0.2) is 9.97 Å². The molecule has 0 saturated carbocycles. The van der Waals surface area contributed by atoms with E-state index in [9.17, 15) is 4.79 Å². The maximum absolute atomic E-state index is 11.1. The Hall–Kier alpha value is -1.37. The third-order valence-electron chi connectivity index (χ3n) is 4.66.